The van der Waals surface area contributed by atoms with Crippen molar-refractivity contribution >= 4 is 35.3 Å². The molecule has 0 amide bonds. The van der Waals surface area contributed by atoms with Crippen molar-refractivity contribution in [1.82, 2.24) is 0 Å². The Morgan fingerprint density at radius 3 is 2.08 bits per heavy atom. The molecule has 0 spiro atoms. The minimum absolute atomic E-state index is 0.160. The van der Waals surface area contributed by atoms with Crippen molar-refractivity contribution in [1.29, 1.82) is 0 Å². The van der Waals surface area contributed by atoms with Gasteiger partial charge in [-0.2, -0.15) is 0 Å². The van der Waals surface area contributed by atoms with Crippen molar-refractivity contribution in [3.8, 4) is 0 Å². The van der Waals surface area contributed by atoms with Crippen molar-refractivity contribution in [2.24, 2.45) is 11.8 Å². The Balaban J connectivity index is 3.28. The van der Waals surface area contributed by atoms with Gasteiger partial charge in [-0.15, -0.1) is 4.05 Å². The topological polar surface area (TPSA) is 18.5 Å². The Kier molecular flexibility index (Phi) is 20.3. The van der Waals surface area contributed by atoms with Gasteiger partial charge < -0.3 is 28.3 Å². The Hall–Kier alpha value is 1.42. The predicted octanol–water partition coefficient (Wildman–Crippen LogP) is 7.03. The molecule has 0 aromatic rings. The first-order chi connectivity index (χ1) is 11.6. The third kappa shape index (κ3) is 18.2. The second kappa shape index (κ2) is 19.2. The molecule has 142 valence electrons. The average Bonchev–Trinajstić information content (AvgIpc) is 2.55. The lowest BCUT2D eigenvalue weighted by molar-refractivity contribution is -0.0561. The van der Waals surface area contributed by atoms with E-state index in [0.717, 1.165) is 29.1 Å². The summed E-state index contributed by atoms with van der Waals surface area (Å²) in [5, 5.41) is 0. The predicted molar refractivity (Wildman–Crippen MR) is 116 cm³/mol. The normalized spacial score (nSPS) is 15.0. The molecule has 0 fully saturated rings. The number of hydrogen-bond donors (Lipinski definition) is 0. The van der Waals surface area contributed by atoms with E-state index in [0.29, 0.717) is 6.79 Å². The summed E-state index contributed by atoms with van der Waals surface area (Å²) in [7, 11) is 0. The first-order valence-electron chi connectivity index (χ1n) is 10.3. The van der Waals surface area contributed by atoms with Crippen LogP contribution in [0.4, 0.5) is 0 Å². The highest BCUT2D eigenvalue weighted by Gasteiger charge is 2.13. The second-order valence-electron chi connectivity index (χ2n) is 7.79. The molecular formula is C20H41IMgO2. The molecule has 0 aliphatic carbocycles. The minimum Gasteiger partial charge on any atom is -0.355 e. The number of unbranched alkanes of at least 4 members (excludes halogenated alkanes) is 5. The van der Waals surface area contributed by atoms with Gasteiger partial charge in [-0.1, -0.05) is 66.2 Å². The van der Waals surface area contributed by atoms with Gasteiger partial charge in [0.05, 0.1) is 0 Å². The van der Waals surface area contributed by atoms with Crippen LogP contribution < -0.4 is 0 Å². The summed E-state index contributed by atoms with van der Waals surface area (Å²) in [6.07, 6.45) is 13.2. The van der Waals surface area contributed by atoms with E-state index in [4.69, 9.17) is 9.47 Å². The van der Waals surface area contributed by atoms with Crippen LogP contribution in [0.1, 0.15) is 91.9 Å². The van der Waals surface area contributed by atoms with Gasteiger partial charge in [0.2, 0.25) is 0 Å². The lowest BCUT2D eigenvalue weighted by Crippen LogP contribution is -2.08. The minimum atomic E-state index is 0.160. The molecule has 0 rings (SSSR count). The van der Waals surface area contributed by atoms with Gasteiger partial charge in [0.1, 0.15) is 6.79 Å². The maximum atomic E-state index is 5.60. The Labute approximate surface area is 171 Å². The molecule has 0 N–H and O–H groups in total. The van der Waals surface area contributed by atoms with E-state index in [9.17, 15) is 0 Å². The SMILES string of the molecule is CCCCCCCCOCOCCCC(C)CC(C)C[CH](C)[Mg][I]. The number of rotatable bonds is 18. The maximum Gasteiger partial charge on any atom is 0.466 e. The summed E-state index contributed by atoms with van der Waals surface area (Å²) >= 11 is 2.80. The molecule has 24 heavy (non-hydrogen) atoms. The van der Waals surface area contributed by atoms with Crippen LogP contribution in [-0.4, -0.2) is 36.5 Å². The molecule has 0 saturated heterocycles. The zero-order valence-corrected chi connectivity index (χ0v) is 20.4. The second-order valence-corrected chi connectivity index (χ2v) is 12.1. The summed E-state index contributed by atoms with van der Waals surface area (Å²) in [4.78, 5) is 0. The fourth-order valence-corrected chi connectivity index (χ4v) is 5.12. The van der Waals surface area contributed by atoms with Crippen molar-refractivity contribution < 1.29 is 9.47 Å². The van der Waals surface area contributed by atoms with Gasteiger partial charge >= 0.3 is 16.5 Å². The summed E-state index contributed by atoms with van der Waals surface area (Å²) in [5.41, 5.74) is 0. The van der Waals surface area contributed by atoms with Gasteiger partial charge in [0, 0.05) is 13.2 Å². The molecule has 3 unspecified atom stereocenters. The maximum absolute atomic E-state index is 5.60. The summed E-state index contributed by atoms with van der Waals surface area (Å²) in [5.74, 6) is 1.72. The first-order valence-corrected chi connectivity index (χ1v) is 16.2. The number of ether oxygens (including phenoxy) is 2. The molecule has 0 saturated carbocycles. The van der Waals surface area contributed by atoms with Gasteiger partial charge in [0.25, 0.3) is 0 Å². The highest BCUT2D eigenvalue weighted by atomic mass is 127. The Morgan fingerprint density at radius 1 is 0.792 bits per heavy atom. The highest BCUT2D eigenvalue weighted by Crippen LogP contribution is 2.25. The van der Waals surface area contributed by atoms with Crippen LogP contribution in [-0.2, 0) is 9.47 Å². The molecule has 4 heteroatoms. The van der Waals surface area contributed by atoms with E-state index >= 15 is 0 Å². The molecule has 0 aromatic heterocycles. The molecule has 0 radical (unpaired) electrons. The van der Waals surface area contributed by atoms with Crippen LogP contribution in [0.3, 0.4) is 0 Å². The lowest BCUT2D eigenvalue weighted by atomic mass is 9.91. The Morgan fingerprint density at radius 2 is 1.42 bits per heavy atom. The molecule has 0 heterocycles. The van der Waals surface area contributed by atoms with Gasteiger partial charge in [-0.05, 0) is 37.5 Å². The third-order valence-electron chi connectivity index (χ3n) is 4.67. The van der Waals surface area contributed by atoms with Crippen LogP contribution in [0.15, 0.2) is 0 Å². The van der Waals surface area contributed by atoms with Gasteiger partial charge in [-0.3, -0.25) is 0 Å². The molecule has 3 atom stereocenters. The van der Waals surface area contributed by atoms with E-state index in [1.54, 1.807) is 0 Å². The quantitative estimate of drug-likeness (QED) is 0.0938. The molecular weight excluding hydrogens is 423 g/mol. The molecule has 0 bridgehead atoms. The van der Waals surface area contributed by atoms with Crippen molar-refractivity contribution in [3.05, 3.63) is 0 Å². The van der Waals surface area contributed by atoms with E-state index < -0.39 is 0 Å². The van der Waals surface area contributed by atoms with Crippen LogP contribution in [0.25, 0.3) is 0 Å². The van der Waals surface area contributed by atoms with E-state index in [1.807, 2.05) is 0 Å². The molecule has 0 aliphatic rings. The van der Waals surface area contributed by atoms with E-state index in [2.05, 4.69) is 46.5 Å². The molecule has 0 aliphatic heterocycles. The van der Waals surface area contributed by atoms with Crippen LogP contribution in [0.2, 0.25) is 4.05 Å². The number of hydrogen-bond acceptors (Lipinski definition) is 2. The Bertz CT molecular complexity index is 254. The monoisotopic (exact) mass is 464 g/mol. The molecule has 2 nitrogen and oxygen atoms in total. The third-order valence-corrected chi connectivity index (χ3v) is 10.0. The van der Waals surface area contributed by atoms with E-state index in [-0.39, 0.29) is 16.5 Å². The molecule has 0 aromatic carbocycles. The van der Waals surface area contributed by atoms with Crippen molar-refractivity contribution in [2.45, 2.75) is 96.0 Å². The average molecular weight is 465 g/mol. The van der Waals surface area contributed by atoms with Crippen molar-refractivity contribution in [3.63, 3.8) is 0 Å². The zero-order chi connectivity index (χ0) is 18.0. The van der Waals surface area contributed by atoms with Crippen LogP contribution in [0, 0.1) is 11.8 Å². The van der Waals surface area contributed by atoms with Crippen molar-refractivity contribution in [2.75, 3.05) is 20.0 Å². The highest BCUT2D eigenvalue weighted by molar-refractivity contribution is 14.1. The van der Waals surface area contributed by atoms with Gasteiger partial charge in [-0.25, -0.2) is 0 Å². The van der Waals surface area contributed by atoms with Crippen LogP contribution in [0.5, 0.6) is 0 Å². The summed E-state index contributed by atoms with van der Waals surface area (Å²) < 4.78 is 12.1. The first kappa shape index (κ1) is 25.4. The van der Waals surface area contributed by atoms with E-state index in [1.165, 1.54) is 64.2 Å². The lowest BCUT2D eigenvalue weighted by Gasteiger charge is -2.19. The largest absolute Gasteiger partial charge is 0.466 e. The fraction of sp³-hybridized carbons (Fsp3) is 1.00. The number of halogens is 1. The standard InChI is InChI=1S/C20H41O2.HI.Mg/c1-5-7-8-9-10-11-15-21-18-22-16-12-14-20(4)17-19(3)13-6-2;;/h6,19-20H,5,7-18H2,1-4H3;1H;/q;;+1/p-1. The zero-order valence-electron chi connectivity index (χ0n) is 16.8. The van der Waals surface area contributed by atoms with Crippen LogP contribution >= 0.6 is 18.9 Å². The van der Waals surface area contributed by atoms with Gasteiger partial charge in [0.15, 0.2) is 0 Å². The summed E-state index contributed by atoms with van der Waals surface area (Å²) in [6.45, 7) is 11.7. The fourth-order valence-electron chi connectivity index (χ4n) is 3.35. The summed E-state index contributed by atoms with van der Waals surface area (Å²) in [6, 6.07) is 0. The smallest absolute Gasteiger partial charge is 0.355 e.